The fourth-order valence-electron chi connectivity index (χ4n) is 2.67. The lowest BCUT2D eigenvalue weighted by molar-refractivity contribution is 0.0390. The van der Waals surface area contributed by atoms with E-state index in [9.17, 15) is 8.42 Å². The normalized spacial score (nSPS) is 16.0. The monoisotopic (exact) mass is 372 g/mol. The molecule has 1 heterocycles. The van der Waals surface area contributed by atoms with Crippen LogP contribution in [0.15, 0.2) is 17.0 Å². The van der Waals surface area contributed by atoms with Gasteiger partial charge in [-0.25, -0.2) is 13.1 Å². The molecular weight excluding hydrogens is 344 g/mol. The maximum Gasteiger partial charge on any atom is 0.244 e. The Hall–Kier alpha value is -1.35. The molecule has 0 unspecified atom stereocenters. The van der Waals surface area contributed by atoms with Crippen molar-refractivity contribution in [2.75, 3.05) is 52.6 Å². The minimum absolute atomic E-state index is 0.116. The molecule has 0 atom stereocenters. The van der Waals surface area contributed by atoms with Crippen molar-refractivity contribution in [3.8, 4) is 11.5 Å². The summed E-state index contributed by atoms with van der Waals surface area (Å²) in [6, 6.07) is 3.26. The Balaban J connectivity index is 2.13. The Morgan fingerprint density at radius 3 is 2.40 bits per heavy atom. The van der Waals surface area contributed by atoms with Crippen molar-refractivity contribution < 1.29 is 22.6 Å². The zero-order chi connectivity index (χ0) is 18.3. The summed E-state index contributed by atoms with van der Waals surface area (Å²) in [5.74, 6) is 0.904. The lowest BCUT2D eigenvalue weighted by atomic mass is 10.2. The minimum Gasteiger partial charge on any atom is -0.494 e. The predicted octanol–water partition coefficient (Wildman–Crippen LogP) is 1.40. The van der Waals surface area contributed by atoms with Gasteiger partial charge in [0, 0.05) is 32.2 Å². The van der Waals surface area contributed by atoms with E-state index in [-0.39, 0.29) is 4.90 Å². The third kappa shape index (κ3) is 5.57. The van der Waals surface area contributed by atoms with E-state index in [2.05, 4.69) is 9.62 Å². The van der Waals surface area contributed by atoms with Crippen molar-refractivity contribution in [3.63, 3.8) is 0 Å². The van der Waals surface area contributed by atoms with Crippen molar-refractivity contribution in [1.82, 2.24) is 9.62 Å². The maximum atomic E-state index is 12.7. The van der Waals surface area contributed by atoms with Gasteiger partial charge in [0.2, 0.25) is 10.0 Å². The fourth-order valence-corrected chi connectivity index (χ4v) is 3.83. The van der Waals surface area contributed by atoms with Crippen LogP contribution in [0, 0.1) is 6.92 Å². The molecule has 0 radical (unpaired) electrons. The SMILES string of the molecule is CCOc1cc(S(=O)(=O)NCCN2CCOCC2)c(OCC)cc1C. The van der Waals surface area contributed by atoms with Gasteiger partial charge in [-0.1, -0.05) is 0 Å². The highest BCUT2D eigenvalue weighted by Crippen LogP contribution is 2.32. The lowest BCUT2D eigenvalue weighted by Crippen LogP contribution is -2.41. The Morgan fingerprint density at radius 1 is 1.12 bits per heavy atom. The molecule has 0 saturated carbocycles. The summed E-state index contributed by atoms with van der Waals surface area (Å²) in [7, 11) is -3.68. The number of benzene rings is 1. The molecule has 0 aliphatic carbocycles. The molecule has 1 aliphatic heterocycles. The van der Waals surface area contributed by atoms with Gasteiger partial charge in [0.15, 0.2) is 0 Å². The molecule has 1 aliphatic rings. The fraction of sp³-hybridized carbons (Fsp3) is 0.647. The molecule has 1 fully saturated rings. The Morgan fingerprint density at radius 2 is 1.76 bits per heavy atom. The Labute approximate surface area is 150 Å². The van der Waals surface area contributed by atoms with Gasteiger partial charge in [0.1, 0.15) is 16.4 Å². The van der Waals surface area contributed by atoms with Crippen LogP contribution < -0.4 is 14.2 Å². The number of nitrogens with zero attached hydrogens (tertiary/aromatic N) is 1. The second kappa shape index (κ2) is 9.38. The van der Waals surface area contributed by atoms with Crippen molar-refractivity contribution >= 4 is 10.0 Å². The molecule has 2 rings (SSSR count). The number of hydrogen-bond acceptors (Lipinski definition) is 6. The first kappa shape index (κ1) is 20.0. The summed E-state index contributed by atoms with van der Waals surface area (Å²) in [4.78, 5) is 2.29. The molecule has 142 valence electrons. The molecule has 0 bridgehead atoms. The zero-order valence-electron chi connectivity index (χ0n) is 15.2. The van der Waals surface area contributed by atoms with Crippen LogP contribution in [-0.4, -0.2) is 65.9 Å². The van der Waals surface area contributed by atoms with Gasteiger partial charge in [-0.2, -0.15) is 0 Å². The lowest BCUT2D eigenvalue weighted by Gasteiger charge is -2.26. The summed E-state index contributed by atoms with van der Waals surface area (Å²) >= 11 is 0. The van der Waals surface area contributed by atoms with E-state index >= 15 is 0 Å². The molecule has 1 aromatic rings. The van der Waals surface area contributed by atoms with Gasteiger partial charge in [-0.15, -0.1) is 0 Å². The van der Waals surface area contributed by atoms with Crippen molar-refractivity contribution in [2.24, 2.45) is 0 Å². The van der Waals surface area contributed by atoms with E-state index in [1.54, 1.807) is 12.1 Å². The van der Waals surface area contributed by atoms with E-state index in [0.29, 0.717) is 51.0 Å². The molecule has 25 heavy (non-hydrogen) atoms. The van der Waals surface area contributed by atoms with E-state index < -0.39 is 10.0 Å². The van der Waals surface area contributed by atoms with Gasteiger partial charge in [0.25, 0.3) is 0 Å². The van der Waals surface area contributed by atoms with Crippen molar-refractivity contribution in [1.29, 1.82) is 0 Å². The average Bonchev–Trinajstić information content (AvgIpc) is 2.58. The largest absolute Gasteiger partial charge is 0.494 e. The molecule has 1 saturated heterocycles. The Bertz CT molecular complexity index is 657. The van der Waals surface area contributed by atoms with Gasteiger partial charge in [-0.3, -0.25) is 4.90 Å². The summed E-state index contributed by atoms with van der Waals surface area (Å²) in [6.07, 6.45) is 0. The van der Waals surface area contributed by atoms with Gasteiger partial charge in [-0.05, 0) is 32.4 Å². The molecule has 1 N–H and O–H groups in total. The van der Waals surface area contributed by atoms with Crippen LogP contribution in [0.25, 0.3) is 0 Å². The molecule has 8 heteroatoms. The zero-order valence-corrected chi connectivity index (χ0v) is 16.0. The number of ether oxygens (including phenoxy) is 3. The van der Waals surface area contributed by atoms with E-state index in [1.165, 1.54) is 0 Å². The summed E-state index contributed by atoms with van der Waals surface area (Å²) in [5.41, 5.74) is 0.845. The number of nitrogens with one attached hydrogen (secondary N) is 1. The standard InChI is InChI=1S/C17H28N2O5S/c1-4-23-15-13-17(16(24-5-2)12-14(15)3)25(20,21)18-6-7-19-8-10-22-11-9-19/h12-13,18H,4-11H2,1-3H3. The number of morpholine rings is 1. The highest BCUT2D eigenvalue weighted by atomic mass is 32.2. The quantitative estimate of drug-likeness (QED) is 0.706. The third-order valence-electron chi connectivity index (χ3n) is 3.95. The maximum absolute atomic E-state index is 12.7. The van der Waals surface area contributed by atoms with Gasteiger partial charge in [0.05, 0.1) is 26.4 Å². The summed E-state index contributed by atoms with van der Waals surface area (Å²) in [5, 5.41) is 0. The van der Waals surface area contributed by atoms with Crippen LogP contribution in [-0.2, 0) is 14.8 Å². The summed E-state index contributed by atoms with van der Waals surface area (Å²) < 4.78 is 44.5. The molecule has 0 aromatic heterocycles. The van der Waals surface area contributed by atoms with Crippen molar-refractivity contribution in [3.05, 3.63) is 17.7 Å². The van der Waals surface area contributed by atoms with Crippen LogP contribution >= 0.6 is 0 Å². The molecular formula is C17H28N2O5S. The highest BCUT2D eigenvalue weighted by molar-refractivity contribution is 7.89. The minimum atomic E-state index is -3.68. The smallest absolute Gasteiger partial charge is 0.244 e. The molecule has 1 aromatic carbocycles. The number of rotatable bonds is 9. The summed E-state index contributed by atoms with van der Waals surface area (Å²) in [6.45, 7) is 10.4. The number of sulfonamides is 1. The highest BCUT2D eigenvalue weighted by Gasteiger charge is 2.22. The predicted molar refractivity (Wildman–Crippen MR) is 96.0 cm³/mol. The van der Waals surface area contributed by atoms with Crippen LogP contribution in [0.2, 0.25) is 0 Å². The second-order valence-electron chi connectivity index (χ2n) is 5.78. The van der Waals surface area contributed by atoms with E-state index in [0.717, 1.165) is 18.7 Å². The molecule has 0 spiro atoms. The Kier molecular flexibility index (Phi) is 7.49. The van der Waals surface area contributed by atoms with Gasteiger partial charge < -0.3 is 14.2 Å². The third-order valence-corrected chi connectivity index (χ3v) is 5.44. The number of hydrogen-bond donors (Lipinski definition) is 1. The first-order valence-electron chi connectivity index (χ1n) is 8.68. The van der Waals surface area contributed by atoms with Crippen LogP contribution in [0.4, 0.5) is 0 Å². The van der Waals surface area contributed by atoms with Crippen LogP contribution in [0.1, 0.15) is 19.4 Å². The van der Waals surface area contributed by atoms with Gasteiger partial charge >= 0.3 is 0 Å². The van der Waals surface area contributed by atoms with Crippen molar-refractivity contribution in [2.45, 2.75) is 25.7 Å². The van der Waals surface area contributed by atoms with E-state index in [1.807, 2.05) is 20.8 Å². The average molecular weight is 372 g/mol. The number of aryl methyl sites for hydroxylation is 1. The van der Waals surface area contributed by atoms with E-state index in [4.69, 9.17) is 14.2 Å². The van der Waals surface area contributed by atoms with Crippen LogP contribution in [0.5, 0.6) is 11.5 Å². The second-order valence-corrected chi connectivity index (χ2v) is 7.52. The van der Waals surface area contributed by atoms with Crippen LogP contribution in [0.3, 0.4) is 0 Å². The first-order chi connectivity index (χ1) is 12.0. The molecule has 7 nitrogen and oxygen atoms in total. The topological polar surface area (TPSA) is 77.1 Å². The first-order valence-corrected chi connectivity index (χ1v) is 10.2. The molecule has 0 amide bonds.